The largest absolute Gasteiger partial charge is 0.339 e. The van der Waals surface area contributed by atoms with Crippen molar-refractivity contribution in [3.63, 3.8) is 0 Å². The van der Waals surface area contributed by atoms with Crippen LogP contribution in [0.5, 0.6) is 0 Å². The minimum absolute atomic E-state index is 0.153. The first-order valence-corrected chi connectivity index (χ1v) is 7.33. The molecule has 1 aliphatic rings. The van der Waals surface area contributed by atoms with E-state index in [0.717, 1.165) is 50.7 Å². The van der Waals surface area contributed by atoms with Gasteiger partial charge in [-0.3, -0.25) is 4.90 Å². The molecule has 1 unspecified atom stereocenters. The maximum absolute atomic E-state index is 5.41. The van der Waals surface area contributed by atoms with Gasteiger partial charge in [0.2, 0.25) is 5.89 Å². The predicted molar refractivity (Wildman–Crippen MR) is 74.9 cm³/mol. The van der Waals surface area contributed by atoms with Crippen LogP contribution in [-0.4, -0.2) is 41.2 Å². The van der Waals surface area contributed by atoms with Crippen LogP contribution in [0.2, 0.25) is 0 Å². The summed E-state index contributed by atoms with van der Waals surface area (Å²) in [6, 6.07) is 0. The molecule has 1 atom stereocenters. The molecule has 1 N–H and O–H groups in total. The average molecular weight is 266 g/mol. The lowest BCUT2D eigenvalue weighted by atomic mass is 10.0. The van der Waals surface area contributed by atoms with Gasteiger partial charge in [-0.05, 0) is 19.8 Å². The predicted octanol–water partition coefficient (Wildman–Crippen LogP) is 1.80. The van der Waals surface area contributed by atoms with Crippen molar-refractivity contribution in [1.29, 1.82) is 0 Å². The zero-order valence-corrected chi connectivity index (χ0v) is 12.6. The van der Waals surface area contributed by atoms with Crippen LogP contribution in [0.1, 0.15) is 45.8 Å². The number of rotatable bonds is 5. The summed E-state index contributed by atoms with van der Waals surface area (Å²) >= 11 is 0. The van der Waals surface area contributed by atoms with Crippen molar-refractivity contribution in [2.45, 2.75) is 46.1 Å². The number of piperazine rings is 1. The molecule has 1 aromatic rings. The highest BCUT2D eigenvalue weighted by Crippen LogP contribution is 2.26. The number of nitrogens with one attached hydrogen (secondary N) is 1. The summed E-state index contributed by atoms with van der Waals surface area (Å²) in [7, 11) is 0. The van der Waals surface area contributed by atoms with Crippen LogP contribution in [-0.2, 0) is 12.0 Å². The summed E-state index contributed by atoms with van der Waals surface area (Å²) in [4.78, 5) is 7.02. The summed E-state index contributed by atoms with van der Waals surface area (Å²) in [5.74, 6) is 2.18. The Bertz CT molecular complexity index is 396. The first-order chi connectivity index (χ1) is 9.04. The fourth-order valence-electron chi connectivity index (χ4n) is 2.39. The van der Waals surface area contributed by atoms with Gasteiger partial charge in [-0.2, -0.15) is 4.98 Å². The summed E-state index contributed by atoms with van der Waals surface area (Å²) in [6.07, 6.45) is 2.01. The molecule has 0 saturated carbocycles. The molecule has 1 fully saturated rings. The van der Waals surface area contributed by atoms with E-state index in [1.54, 1.807) is 0 Å². The standard InChI is InChI=1S/C14H26N4O/c1-5-11(2)10-12-16-13(17-19-12)14(3,4)18-8-6-15-7-9-18/h11,15H,5-10H2,1-4H3. The molecule has 108 valence electrons. The highest BCUT2D eigenvalue weighted by molar-refractivity contribution is 5.03. The van der Waals surface area contributed by atoms with E-state index in [0.29, 0.717) is 5.92 Å². The van der Waals surface area contributed by atoms with Crippen molar-refractivity contribution in [2.75, 3.05) is 26.2 Å². The molecule has 0 aliphatic carbocycles. The van der Waals surface area contributed by atoms with Crippen molar-refractivity contribution in [1.82, 2.24) is 20.4 Å². The lowest BCUT2D eigenvalue weighted by Gasteiger charge is -2.38. The van der Waals surface area contributed by atoms with Gasteiger partial charge < -0.3 is 9.84 Å². The van der Waals surface area contributed by atoms with Gasteiger partial charge >= 0.3 is 0 Å². The molecule has 2 heterocycles. The quantitative estimate of drug-likeness (QED) is 0.880. The molecule has 0 spiro atoms. The lowest BCUT2D eigenvalue weighted by molar-refractivity contribution is 0.0924. The van der Waals surface area contributed by atoms with E-state index in [9.17, 15) is 0 Å². The molecule has 0 aromatic carbocycles. The van der Waals surface area contributed by atoms with Gasteiger partial charge in [0.15, 0.2) is 5.82 Å². The zero-order valence-electron chi connectivity index (χ0n) is 12.6. The summed E-state index contributed by atoms with van der Waals surface area (Å²) in [6.45, 7) is 12.9. The van der Waals surface area contributed by atoms with Crippen molar-refractivity contribution in [2.24, 2.45) is 5.92 Å². The minimum atomic E-state index is -0.153. The van der Waals surface area contributed by atoms with Crippen molar-refractivity contribution in [3.05, 3.63) is 11.7 Å². The second-order valence-corrected chi connectivity index (χ2v) is 6.03. The van der Waals surface area contributed by atoms with Gasteiger partial charge in [0.1, 0.15) is 0 Å². The fourth-order valence-corrected chi connectivity index (χ4v) is 2.39. The van der Waals surface area contributed by atoms with Crippen molar-refractivity contribution in [3.8, 4) is 0 Å². The Labute approximate surface area is 115 Å². The maximum atomic E-state index is 5.41. The number of nitrogens with zero attached hydrogens (tertiary/aromatic N) is 3. The van der Waals surface area contributed by atoms with E-state index in [1.807, 2.05) is 0 Å². The van der Waals surface area contributed by atoms with Crippen molar-refractivity contribution < 1.29 is 4.52 Å². The second kappa shape index (κ2) is 6.01. The van der Waals surface area contributed by atoms with E-state index in [2.05, 4.69) is 48.1 Å². The van der Waals surface area contributed by atoms with E-state index >= 15 is 0 Å². The molecule has 0 bridgehead atoms. The molecule has 0 radical (unpaired) electrons. The molecule has 1 aromatic heterocycles. The van der Waals surface area contributed by atoms with E-state index in [4.69, 9.17) is 4.52 Å². The van der Waals surface area contributed by atoms with Crippen LogP contribution in [0.4, 0.5) is 0 Å². The topological polar surface area (TPSA) is 54.2 Å². The molecule has 5 nitrogen and oxygen atoms in total. The van der Waals surface area contributed by atoms with E-state index in [-0.39, 0.29) is 5.54 Å². The molecule has 5 heteroatoms. The van der Waals surface area contributed by atoms with Gasteiger partial charge in [0.25, 0.3) is 0 Å². The van der Waals surface area contributed by atoms with E-state index in [1.165, 1.54) is 0 Å². The van der Waals surface area contributed by atoms with Gasteiger partial charge in [0, 0.05) is 32.6 Å². The third-order valence-corrected chi connectivity index (χ3v) is 4.14. The second-order valence-electron chi connectivity index (χ2n) is 6.03. The van der Waals surface area contributed by atoms with Gasteiger partial charge in [-0.15, -0.1) is 0 Å². The van der Waals surface area contributed by atoms with E-state index < -0.39 is 0 Å². The normalized spacial score (nSPS) is 19.6. The van der Waals surface area contributed by atoms with Crippen LogP contribution in [0.15, 0.2) is 4.52 Å². The molecule has 19 heavy (non-hydrogen) atoms. The minimum Gasteiger partial charge on any atom is -0.339 e. The summed E-state index contributed by atoms with van der Waals surface area (Å²) < 4.78 is 5.41. The summed E-state index contributed by atoms with van der Waals surface area (Å²) in [5, 5.41) is 7.57. The molecule has 0 amide bonds. The van der Waals surface area contributed by atoms with Crippen LogP contribution in [0.25, 0.3) is 0 Å². The number of hydrogen-bond acceptors (Lipinski definition) is 5. The third kappa shape index (κ3) is 3.34. The Hall–Kier alpha value is -0.940. The van der Waals surface area contributed by atoms with Gasteiger partial charge in [0.05, 0.1) is 5.54 Å². The number of hydrogen-bond donors (Lipinski definition) is 1. The Morgan fingerprint density at radius 1 is 1.37 bits per heavy atom. The Balaban J connectivity index is 2.07. The molecule has 1 saturated heterocycles. The molecular weight excluding hydrogens is 240 g/mol. The smallest absolute Gasteiger partial charge is 0.226 e. The first kappa shape index (κ1) is 14.5. The van der Waals surface area contributed by atoms with Crippen LogP contribution < -0.4 is 5.32 Å². The Morgan fingerprint density at radius 3 is 2.68 bits per heavy atom. The first-order valence-electron chi connectivity index (χ1n) is 7.33. The van der Waals surface area contributed by atoms with Gasteiger partial charge in [-0.1, -0.05) is 25.4 Å². The SMILES string of the molecule is CCC(C)Cc1nc(C(C)(C)N2CCNCC2)no1. The Kier molecular flexibility index (Phi) is 4.58. The molecular formula is C14H26N4O. The van der Waals surface area contributed by atoms with Crippen LogP contribution in [0.3, 0.4) is 0 Å². The fraction of sp³-hybridized carbons (Fsp3) is 0.857. The Morgan fingerprint density at radius 2 is 2.05 bits per heavy atom. The van der Waals surface area contributed by atoms with Crippen LogP contribution >= 0.6 is 0 Å². The lowest BCUT2D eigenvalue weighted by Crippen LogP contribution is -2.52. The number of aromatic nitrogens is 2. The van der Waals surface area contributed by atoms with Crippen LogP contribution in [0, 0.1) is 5.92 Å². The third-order valence-electron chi connectivity index (χ3n) is 4.14. The highest BCUT2D eigenvalue weighted by atomic mass is 16.5. The molecule has 1 aliphatic heterocycles. The highest BCUT2D eigenvalue weighted by Gasteiger charge is 2.34. The monoisotopic (exact) mass is 266 g/mol. The summed E-state index contributed by atoms with van der Waals surface area (Å²) in [5.41, 5.74) is -0.153. The average Bonchev–Trinajstić information content (AvgIpc) is 2.89. The molecule has 2 rings (SSSR count). The van der Waals surface area contributed by atoms with Gasteiger partial charge in [-0.25, -0.2) is 0 Å². The van der Waals surface area contributed by atoms with Crippen molar-refractivity contribution >= 4 is 0 Å². The maximum Gasteiger partial charge on any atom is 0.226 e. The zero-order chi connectivity index (χ0) is 13.9.